The summed E-state index contributed by atoms with van der Waals surface area (Å²) >= 11 is 1.75. The first-order valence-corrected chi connectivity index (χ1v) is 7.77. The number of rotatable bonds is 2. The maximum atomic E-state index is 11.9. The van der Waals surface area contributed by atoms with Crippen LogP contribution in [0.2, 0.25) is 0 Å². The van der Waals surface area contributed by atoms with Crippen molar-refractivity contribution in [2.24, 2.45) is 11.7 Å². The number of hydrogen-bond donors (Lipinski definition) is 3. The predicted molar refractivity (Wildman–Crippen MR) is 80.7 cm³/mol. The van der Waals surface area contributed by atoms with Crippen molar-refractivity contribution in [2.75, 3.05) is 11.9 Å². The van der Waals surface area contributed by atoms with Gasteiger partial charge in [-0.1, -0.05) is 6.42 Å². The lowest BCUT2D eigenvalue weighted by atomic mass is 9.85. The third-order valence-electron chi connectivity index (χ3n) is 3.91. The van der Waals surface area contributed by atoms with E-state index in [2.05, 4.69) is 23.3 Å². The van der Waals surface area contributed by atoms with Crippen LogP contribution in [0, 0.1) is 12.8 Å². The fourth-order valence-electron chi connectivity index (χ4n) is 2.50. The molecule has 0 bridgehead atoms. The van der Waals surface area contributed by atoms with Crippen molar-refractivity contribution in [2.45, 2.75) is 39.2 Å². The molecule has 3 rings (SSSR count). The van der Waals surface area contributed by atoms with Crippen molar-refractivity contribution in [1.82, 2.24) is 5.32 Å². The van der Waals surface area contributed by atoms with Crippen molar-refractivity contribution < 1.29 is 9.59 Å². The Hall–Kier alpha value is -1.40. The van der Waals surface area contributed by atoms with Crippen LogP contribution in [-0.2, 0) is 22.6 Å². The molecule has 0 atom stereocenters. The monoisotopic (exact) mass is 295 g/mol. The van der Waals surface area contributed by atoms with E-state index in [0.717, 1.165) is 37.4 Å². The Morgan fingerprint density at radius 2 is 2.20 bits per heavy atom. The van der Waals surface area contributed by atoms with E-state index in [0.29, 0.717) is 0 Å². The predicted octanol–water partition coefficient (Wildman–Crippen LogP) is 1.54. The minimum Gasteiger partial charge on any atom is -0.372 e. The molecule has 1 saturated carbocycles. The fourth-order valence-corrected chi connectivity index (χ4v) is 3.72. The Balaban J connectivity index is 0.000000452. The highest BCUT2D eigenvalue weighted by Gasteiger charge is 2.27. The highest BCUT2D eigenvalue weighted by Crippen LogP contribution is 2.36. The Kier molecular flexibility index (Phi) is 5.14. The first-order chi connectivity index (χ1) is 9.67. The summed E-state index contributed by atoms with van der Waals surface area (Å²) in [5.74, 6) is 0.498. The van der Waals surface area contributed by atoms with Gasteiger partial charge in [-0.2, -0.15) is 0 Å². The van der Waals surface area contributed by atoms with Gasteiger partial charge < -0.3 is 16.4 Å². The second-order valence-electron chi connectivity index (χ2n) is 5.14. The van der Waals surface area contributed by atoms with Crippen molar-refractivity contribution in [3.63, 3.8) is 0 Å². The van der Waals surface area contributed by atoms with Gasteiger partial charge in [0.1, 0.15) is 0 Å². The largest absolute Gasteiger partial charge is 0.372 e. The van der Waals surface area contributed by atoms with Gasteiger partial charge in [-0.25, -0.2) is 0 Å². The maximum Gasteiger partial charge on any atom is 0.228 e. The van der Waals surface area contributed by atoms with Gasteiger partial charge in [-0.3, -0.25) is 9.59 Å². The third-order valence-corrected chi connectivity index (χ3v) is 5.15. The lowest BCUT2D eigenvalue weighted by molar-refractivity contribution is -0.122. The highest BCUT2D eigenvalue weighted by molar-refractivity contribution is 7.16. The Morgan fingerprint density at radius 1 is 1.50 bits per heavy atom. The number of hydrogen-bond acceptors (Lipinski definition) is 4. The molecule has 2 aliphatic rings. The third kappa shape index (κ3) is 3.19. The average molecular weight is 295 g/mol. The summed E-state index contributed by atoms with van der Waals surface area (Å²) in [7, 11) is 0. The number of nitrogens with one attached hydrogen (secondary N) is 2. The lowest BCUT2D eigenvalue weighted by Crippen LogP contribution is -2.27. The molecule has 4 N–H and O–H groups in total. The van der Waals surface area contributed by atoms with Crippen LogP contribution < -0.4 is 16.4 Å². The van der Waals surface area contributed by atoms with Gasteiger partial charge in [0.15, 0.2) is 0 Å². The molecule has 0 saturated heterocycles. The zero-order chi connectivity index (χ0) is 14.5. The molecule has 1 aliphatic carbocycles. The van der Waals surface area contributed by atoms with Crippen LogP contribution in [0.15, 0.2) is 0 Å². The molecule has 0 unspecified atom stereocenters. The smallest absolute Gasteiger partial charge is 0.228 e. The zero-order valence-corrected chi connectivity index (χ0v) is 12.5. The van der Waals surface area contributed by atoms with Crippen LogP contribution in [0.3, 0.4) is 0 Å². The van der Waals surface area contributed by atoms with E-state index in [1.165, 1.54) is 22.4 Å². The van der Waals surface area contributed by atoms with Gasteiger partial charge in [0.2, 0.25) is 12.3 Å². The quantitative estimate of drug-likeness (QED) is 0.724. The van der Waals surface area contributed by atoms with Crippen LogP contribution >= 0.6 is 11.3 Å². The number of thiophene rings is 1. The summed E-state index contributed by atoms with van der Waals surface area (Å²) in [5, 5.41) is 7.58. The molecule has 2 heterocycles. The number of carbonyl (C=O) groups is 2. The summed E-state index contributed by atoms with van der Waals surface area (Å²) in [6.45, 7) is 4.15. The van der Waals surface area contributed by atoms with Crippen LogP contribution in [0.25, 0.3) is 0 Å². The lowest BCUT2D eigenvalue weighted by Gasteiger charge is -2.23. The van der Waals surface area contributed by atoms with E-state index in [9.17, 15) is 4.79 Å². The molecule has 110 valence electrons. The van der Waals surface area contributed by atoms with Gasteiger partial charge in [0, 0.05) is 17.3 Å². The highest BCUT2D eigenvalue weighted by atomic mass is 32.1. The molecule has 6 heteroatoms. The summed E-state index contributed by atoms with van der Waals surface area (Å²) < 4.78 is 0. The van der Waals surface area contributed by atoms with E-state index in [-0.39, 0.29) is 18.2 Å². The second kappa shape index (κ2) is 6.85. The zero-order valence-electron chi connectivity index (χ0n) is 11.7. The summed E-state index contributed by atoms with van der Waals surface area (Å²) in [6.07, 6.45) is 4.69. The van der Waals surface area contributed by atoms with Crippen molar-refractivity contribution >= 4 is 28.7 Å². The first-order valence-electron chi connectivity index (χ1n) is 6.95. The van der Waals surface area contributed by atoms with E-state index in [1.807, 2.05) is 0 Å². The Bertz CT molecular complexity index is 495. The molecule has 0 aromatic carbocycles. The van der Waals surface area contributed by atoms with Gasteiger partial charge >= 0.3 is 0 Å². The number of anilines is 1. The SMILES string of the molecule is Cc1c(NC(=O)C2CCC2)sc2c1CCNC2.NC=O. The minimum absolute atomic E-state index is 0.228. The van der Waals surface area contributed by atoms with Gasteiger partial charge in [-0.05, 0) is 43.9 Å². The molecular formula is C14H21N3O2S. The summed E-state index contributed by atoms with van der Waals surface area (Å²) in [4.78, 5) is 21.9. The number of primary amides is 1. The number of nitrogens with two attached hydrogens (primary N) is 1. The summed E-state index contributed by atoms with van der Waals surface area (Å²) in [5.41, 5.74) is 6.91. The topological polar surface area (TPSA) is 84.2 Å². The van der Waals surface area contributed by atoms with Crippen LogP contribution in [0.5, 0.6) is 0 Å². The number of fused-ring (bicyclic) bond motifs is 1. The van der Waals surface area contributed by atoms with Crippen LogP contribution in [0.4, 0.5) is 5.00 Å². The maximum absolute atomic E-state index is 11.9. The van der Waals surface area contributed by atoms with Gasteiger partial charge in [0.25, 0.3) is 0 Å². The molecular weight excluding hydrogens is 274 g/mol. The van der Waals surface area contributed by atoms with E-state index >= 15 is 0 Å². The summed E-state index contributed by atoms with van der Waals surface area (Å²) in [6, 6.07) is 0. The fraction of sp³-hybridized carbons (Fsp3) is 0.571. The molecule has 2 amide bonds. The molecule has 0 spiro atoms. The number of carbonyl (C=O) groups excluding carboxylic acids is 2. The first kappa shape index (κ1) is 15.0. The van der Waals surface area contributed by atoms with Crippen molar-refractivity contribution in [3.05, 3.63) is 16.0 Å². The van der Waals surface area contributed by atoms with Crippen molar-refractivity contribution in [1.29, 1.82) is 0 Å². The molecule has 1 aliphatic heterocycles. The second-order valence-corrected chi connectivity index (χ2v) is 6.24. The van der Waals surface area contributed by atoms with E-state index in [1.54, 1.807) is 11.3 Å². The van der Waals surface area contributed by atoms with Gasteiger partial charge in [-0.15, -0.1) is 11.3 Å². The molecule has 0 radical (unpaired) electrons. The van der Waals surface area contributed by atoms with Crippen LogP contribution in [-0.4, -0.2) is 18.9 Å². The van der Waals surface area contributed by atoms with E-state index in [4.69, 9.17) is 4.79 Å². The Morgan fingerprint density at radius 3 is 2.75 bits per heavy atom. The molecule has 20 heavy (non-hydrogen) atoms. The minimum atomic E-state index is 0.228. The molecule has 5 nitrogen and oxygen atoms in total. The standard InChI is InChI=1S/C13H18N2OS.CH3NO/c1-8-10-5-6-14-7-11(10)17-13(8)15-12(16)9-3-2-4-9;2-1-3/h9,14H,2-7H2,1H3,(H,15,16);1H,(H2,2,3). The van der Waals surface area contributed by atoms with Gasteiger partial charge in [0.05, 0.1) is 5.00 Å². The van der Waals surface area contributed by atoms with E-state index < -0.39 is 0 Å². The normalized spacial score (nSPS) is 17.2. The van der Waals surface area contributed by atoms with Crippen molar-refractivity contribution in [3.8, 4) is 0 Å². The molecule has 1 aromatic heterocycles. The van der Waals surface area contributed by atoms with Crippen LogP contribution in [0.1, 0.15) is 35.3 Å². The number of amides is 2. The average Bonchev–Trinajstić information content (AvgIpc) is 2.66. The molecule has 1 fully saturated rings. The molecule has 1 aromatic rings. The Labute approximate surface area is 122 Å².